The normalized spacial score (nSPS) is 52.2. The van der Waals surface area contributed by atoms with Crippen molar-refractivity contribution in [1.29, 1.82) is 0 Å². The molecule has 1 saturated heterocycles. The van der Waals surface area contributed by atoms with Crippen LogP contribution in [0.15, 0.2) is 0 Å². The zero-order chi connectivity index (χ0) is 7.24. The fourth-order valence-electron chi connectivity index (χ4n) is 2.24. The molecule has 0 aromatic rings. The molecular formula is C8H14O2. The van der Waals surface area contributed by atoms with Crippen molar-refractivity contribution < 1.29 is 9.84 Å². The predicted octanol–water partition coefficient (Wildman–Crippen LogP) is 0.938. The molecule has 2 fully saturated rings. The molecule has 2 atom stereocenters. The van der Waals surface area contributed by atoms with Crippen molar-refractivity contribution >= 4 is 0 Å². The quantitative estimate of drug-likeness (QED) is 0.590. The van der Waals surface area contributed by atoms with Crippen LogP contribution in [0.3, 0.4) is 0 Å². The summed E-state index contributed by atoms with van der Waals surface area (Å²) in [6, 6.07) is 0. The first-order valence-electron chi connectivity index (χ1n) is 3.93. The summed E-state index contributed by atoms with van der Waals surface area (Å²) in [7, 11) is 0. The molecule has 2 nitrogen and oxygen atoms in total. The average Bonchev–Trinajstić information content (AvgIpc) is 2.42. The fraction of sp³-hybridized carbons (Fsp3) is 1.00. The lowest BCUT2D eigenvalue weighted by Gasteiger charge is -2.24. The third-order valence-electron chi connectivity index (χ3n) is 2.95. The maximum Gasteiger partial charge on any atom is 0.0918 e. The summed E-state index contributed by atoms with van der Waals surface area (Å²) in [5.41, 5.74) is 0.261. The Kier molecular flexibility index (Phi) is 1.15. The predicted molar refractivity (Wildman–Crippen MR) is 37.7 cm³/mol. The van der Waals surface area contributed by atoms with E-state index in [9.17, 15) is 0 Å². The third kappa shape index (κ3) is 0.722. The number of hydrogen-bond donors (Lipinski definition) is 1. The van der Waals surface area contributed by atoms with E-state index < -0.39 is 0 Å². The summed E-state index contributed by atoms with van der Waals surface area (Å²) in [6.45, 7) is 3.31. The van der Waals surface area contributed by atoms with Crippen LogP contribution in [0.25, 0.3) is 0 Å². The van der Waals surface area contributed by atoms with Crippen LogP contribution in [-0.2, 0) is 4.74 Å². The molecule has 2 bridgehead atoms. The van der Waals surface area contributed by atoms with E-state index in [0.717, 1.165) is 19.4 Å². The highest BCUT2D eigenvalue weighted by Gasteiger charge is 2.52. The average molecular weight is 142 g/mol. The van der Waals surface area contributed by atoms with Gasteiger partial charge in [0.15, 0.2) is 0 Å². The molecule has 0 spiro atoms. The second kappa shape index (κ2) is 1.74. The van der Waals surface area contributed by atoms with Gasteiger partial charge in [-0.25, -0.2) is 0 Å². The van der Waals surface area contributed by atoms with Crippen LogP contribution in [0.5, 0.6) is 0 Å². The largest absolute Gasteiger partial charge is 0.393 e. The van der Waals surface area contributed by atoms with Crippen molar-refractivity contribution in [1.82, 2.24) is 0 Å². The minimum atomic E-state index is -0.130. The molecule has 0 radical (unpaired) electrons. The van der Waals surface area contributed by atoms with Gasteiger partial charge in [-0.15, -0.1) is 0 Å². The number of aliphatic hydroxyl groups excluding tert-OH is 1. The Bertz CT molecular complexity index is 145. The van der Waals surface area contributed by atoms with Crippen molar-refractivity contribution in [3.8, 4) is 0 Å². The molecular weight excluding hydrogens is 128 g/mol. The molecule has 2 rings (SSSR count). The van der Waals surface area contributed by atoms with Gasteiger partial charge in [-0.1, -0.05) is 6.92 Å². The first-order valence-corrected chi connectivity index (χ1v) is 3.93. The molecule has 1 heterocycles. The highest BCUT2D eigenvalue weighted by atomic mass is 16.5. The Labute approximate surface area is 61.2 Å². The Morgan fingerprint density at radius 3 is 2.50 bits per heavy atom. The van der Waals surface area contributed by atoms with Crippen LogP contribution < -0.4 is 0 Å². The first kappa shape index (κ1) is 6.62. The molecule has 58 valence electrons. The summed E-state index contributed by atoms with van der Waals surface area (Å²) in [5.74, 6) is 0. The number of ether oxygens (including phenoxy) is 1. The summed E-state index contributed by atoms with van der Waals surface area (Å²) in [5, 5.41) is 9.03. The van der Waals surface area contributed by atoms with Crippen molar-refractivity contribution in [2.24, 2.45) is 5.41 Å². The molecule has 1 saturated carbocycles. The zero-order valence-electron chi connectivity index (χ0n) is 6.39. The van der Waals surface area contributed by atoms with Crippen LogP contribution in [0.4, 0.5) is 0 Å². The topological polar surface area (TPSA) is 29.5 Å². The molecule has 0 amide bonds. The summed E-state index contributed by atoms with van der Waals surface area (Å²) in [6.07, 6.45) is 3.35. The Hall–Kier alpha value is -0.0800. The molecule has 0 aromatic carbocycles. The number of rotatable bonds is 1. The monoisotopic (exact) mass is 142 g/mol. The van der Waals surface area contributed by atoms with Crippen LogP contribution in [0, 0.1) is 5.41 Å². The van der Waals surface area contributed by atoms with Gasteiger partial charge in [0, 0.05) is 0 Å². The number of fused-ring (bicyclic) bond motifs is 2. The number of hydrogen-bond acceptors (Lipinski definition) is 2. The van der Waals surface area contributed by atoms with Crippen LogP contribution in [0.2, 0.25) is 0 Å². The lowest BCUT2D eigenvalue weighted by atomic mass is 9.91. The zero-order valence-corrected chi connectivity index (χ0v) is 6.39. The smallest absolute Gasteiger partial charge is 0.0918 e. The SMILES string of the molecule is CC12CCC(CO)(C1)OC2. The molecule has 2 heteroatoms. The second-order valence-corrected chi connectivity index (χ2v) is 4.12. The maximum absolute atomic E-state index is 9.03. The van der Waals surface area contributed by atoms with Crippen LogP contribution in [-0.4, -0.2) is 23.9 Å². The maximum atomic E-state index is 9.03. The molecule has 2 unspecified atom stereocenters. The van der Waals surface area contributed by atoms with E-state index >= 15 is 0 Å². The van der Waals surface area contributed by atoms with Gasteiger partial charge >= 0.3 is 0 Å². The van der Waals surface area contributed by atoms with E-state index in [-0.39, 0.29) is 12.2 Å². The van der Waals surface area contributed by atoms with E-state index in [1.165, 1.54) is 6.42 Å². The Morgan fingerprint density at radius 2 is 2.30 bits per heavy atom. The van der Waals surface area contributed by atoms with Gasteiger partial charge < -0.3 is 9.84 Å². The van der Waals surface area contributed by atoms with E-state index in [0.29, 0.717) is 5.41 Å². The van der Waals surface area contributed by atoms with Gasteiger partial charge in [0.25, 0.3) is 0 Å². The van der Waals surface area contributed by atoms with Gasteiger partial charge in [0.2, 0.25) is 0 Å². The molecule has 1 aliphatic carbocycles. The minimum absolute atomic E-state index is 0.130. The summed E-state index contributed by atoms with van der Waals surface area (Å²) in [4.78, 5) is 0. The Morgan fingerprint density at radius 1 is 1.50 bits per heavy atom. The highest BCUT2D eigenvalue weighted by molar-refractivity contribution is 5.02. The third-order valence-corrected chi connectivity index (χ3v) is 2.95. The molecule has 1 aliphatic heterocycles. The number of aliphatic hydroxyl groups is 1. The van der Waals surface area contributed by atoms with E-state index in [2.05, 4.69) is 6.92 Å². The van der Waals surface area contributed by atoms with Crippen LogP contribution >= 0.6 is 0 Å². The van der Waals surface area contributed by atoms with Gasteiger partial charge in [0.1, 0.15) is 0 Å². The van der Waals surface area contributed by atoms with Gasteiger partial charge in [-0.05, 0) is 24.7 Å². The molecule has 0 aromatic heterocycles. The molecule has 10 heavy (non-hydrogen) atoms. The van der Waals surface area contributed by atoms with Gasteiger partial charge in [-0.2, -0.15) is 0 Å². The lowest BCUT2D eigenvalue weighted by molar-refractivity contribution is -0.0588. The van der Waals surface area contributed by atoms with Crippen molar-refractivity contribution in [2.75, 3.05) is 13.2 Å². The van der Waals surface area contributed by atoms with Crippen molar-refractivity contribution in [3.05, 3.63) is 0 Å². The highest BCUT2D eigenvalue weighted by Crippen LogP contribution is 2.52. The molecule has 2 aliphatic rings. The standard InChI is InChI=1S/C8H14O2/c1-7-2-3-8(4-7,5-9)10-6-7/h9H,2-6H2,1H3. The van der Waals surface area contributed by atoms with Crippen molar-refractivity contribution in [2.45, 2.75) is 31.8 Å². The summed E-state index contributed by atoms with van der Waals surface area (Å²) >= 11 is 0. The van der Waals surface area contributed by atoms with Gasteiger partial charge in [0.05, 0.1) is 18.8 Å². The summed E-state index contributed by atoms with van der Waals surface area (Å²) < 4.78 is 5.54. The second-order valence-electron chi connectivity index (χ2n) is 4.12. The first-order chi connectivity index (χ1) is 4.68. The van der Waals surface area contributed by atoms with Gasteiger partial charge in [-0.3, -0.25) is 0 Å². The fourth-order valence-corrected chi connectivity index (χ4v) is 2.24. The van der Waals surface area contributed by atoms with E-state index in [4.69, 9.17) is 9.84 Å². The van der Waals surface area contributed by atoms with Crippen LogP contribution in [0.1, 0.15) is 26.2 Å². The Balaban J connectivity index is 2.19. The van der Waals surface area contributed by atoms with E-state index in [1.54, 1.807) is 0 Å². The lowest BCUT2D eigenvalue weighted by Crippen LogP contribution is -2.30. The minimum Gasteiger partial charge on any atom is -0.393 e. The van der Waals surface area contributed by atoms with E-state index in [1.807, 2.05) is 0 Å². The van der Waals surface area contributed by atoms with Crippen molar-refractivity contribution in [3.63, 3.8) is 0 Å². The molecule has 1 N–H and O–H groups in total.